The highest BCUT2D eigenvalue weighted by molar-refractivity contribution is 5.06. The Labute approximate surface area is 149 Å². The van der Waals surface area contributed by atoms with Gasteiger partial charge >= 0.3 is 0 Å². The summed E-state index contributed by atoms with van der Waals surface area (Å²) in [5.74, 6) is 4.30. The molecule has 2 fully saturated rings. The molecule has 4 atom stereocenters. The normalized spacial score (nSPS) is 30.9. The quantitative estimate of drug-likeness (QED) is 0.765. The number of nitrogens with zero attached hydrogens (tertiary/aromatic N) is 3. The average molecular weight is 334 g/mol. The van der Waals surface area contributed by atoms with Crippen LogP contribution in [0.4, 0.5) is 0 Å². The summed E-state index contributed by atoms with van der Waals surface area (Å²) in [5, 5.41) is 0. The first-order valence-electron chi connectivity index (χ1n) is 10.3. The van der Waals surface area contributed by atoms with Crippen molar-refractivity contribution in [3.8, 4) is 0 Å². The van der Waals surface area contributed by atoms with E-state index < -0.39 is 0 Å². The predicted octanol–water partition coefficient (Wildman–Crippen LogP) is 4.93. The summed E-state index contributed by atoms with van der Waals surface area (Å²) in [4.78, 5) is 6.96. The highest BCUT2D eigenvalue weighted by atomic mass is 15.2. The van der Waals surface area contributed by atoms with Crippen LogP contribution in [0.2, 0.25) is 0 Å². The van der Waals surface area contributed by atoms with E-state index in [0.29, 0.717) is 0 Å². The number of aromatic nitrogens is 2. The molecule has 0 spiro atoms. The molecule has 2 aliphatic heterocycles. The highest BCUT2D eigenvalue weighted by Crippen LogP contribution is 2.42. The van der Waals surface area contributed by atoms with E-state index in [9.17, 15) is 0 Å². The van der Waals surface area contributed by atoms with Gasteiger partial charge in [-0.05, 0) is 51.0 Å². The van der Waals surface area contributed by atoms with Crippen LogP contribution in [-0.4, -0.2) is 34.1 Å². The van der Waals surface area contributed by atoms with Gasteiger partial charge < -0.3 is 9.47 Å². The predicted molar refractivity (Wildman–Crippen MR) is 103 cm³/mol. The minimum absolute atomic E-state index is 0.874. The van der Waals surface area contributed by atoms with E-state index in [1.807, 2.05) is 20.0 Å². The van der Waals surface area contributed by atoms with Crippen LogP contribution in [0.1, 0.15) is 71.3 Å². The first-order chi connectivity index (χ1) is 11.6. The molecule has 1 saturated heterocycles. The maximum atomic E-state index is 4.42. The molecular formula is C21H39N3. The Bertz CT molecular complexity index is 491. The summed E-state index contributed by atoms with van der Waals surface area (Å²) >= 11 is 0. The zero-order chi connectivity index (χ0) is 17.7. The van der Waals surface area contributed by atoms with Crippen LogP contribution >= 0.6 is 0 Å². The molecule has 3 nitrogen and oxygen atoms in total. The summed E-state index contributed by atoms with van der Waals surface area (Å²) in [6.45, 7) is 13.3. The zero-order valence-electron chi connectivity index (χ0n) is 16.9. The number of likely N-dealkylation sites (tertiary alicyclic amines) is 1. The fourth-order valence-corrected chi connectivity index (χ4v) is 4.78. The summed E-state index contributed by atoms with van der Waals surface area (Å²) in [6, 6.07) is 0.954. The lowest BCUT2D eigenvalue weighted by molar-refractivity contribution is 0.206. The van der Waals surface area contributed by atoms with Gasteiger partial charge in [0, 0.05) is 37.4 Å². The monoisotopic (exact) mass is 333 g/mol. The van der Waals surface area contributed by atoms with Gasteiger partial charge in [-0.2, -0.15) is 0 Å². The van der Waals surface area contributed by atoms with Gasteiger partial charge in [-0.3, -0.25) is 0 Å². The largest absolute Gasteiger partial charge is 0.332 e. The summed E-state index contributed by atoms with van der Waals surface area (Å²) in [6.07, 6.45) is 10.2. The van der Waals surface area contributed by atoms with E-state index in [-0.39, 0.29) is 0 Å². The molecule has 3 heteroatoms. The molecule has 1 aromatic rings. The second-order valence-corrected chi connectivity index (χ2v) is 7.73. The van der Waals surface area contributed by atoms with E-state index in [4.69, 9.17) is 0 Å². The van der Waals surface area contributed by atoms with Crippen molar-refractivity contribution in [3.63, 3.8) is 0 Å². The van der Waals surface area contributed by atoms with Gasteiger partial charge in [-0.15, -0.1) is 0 Å². The molecular weight excluding hydrogens is 294 g/mol. The van der Waals surface area contributed by atoms with Gasteiger partial charge in [-0.1, -0.05) is 40.5 Å². The van der Waals surface area contributed by atoms with Crippen LogP contribution in [0.25, 0.3) is 0 Å². The molecule has 0 N–H and O–H groups in total. The molecule has 24 heavy (non-hydrogen) atoms. The van der Waals surface area contributed by atoms with Crippen LogP contribution in [0.5, 0.6) is 0 Å². The maximum Gasteiger partial charge on any atom is 0.109 e. The number of imidazole rings is 1. The third kappa shape index (κ3) is 4.22. The second-order valence-electron chi connectivity index (χ2n) is 7.73. The van der Waals surface area contributed by atoms with Gasteiger partial charge in [0.1, 0.15) is 5.82 Å². The van der Waals surface area contributed by atoms with Crippen molar-refractivity contribution in [3.05, 3.63) is 17.7 Å². The molecule has 138 valence electrons. The smallest absolute Gasteiger partial charge is 0.109 e. The molecule has 1 saturated carbocycles. The topological polar surface area (TPSA) is 21.1 Å². The molecule has 0 radical (unpaired) electrons. The van der Waals surface area contributed by atoms with Crippen molar-refractivity contribution < 1.29 is 0 Å². The molecule has 3 aliphatic rings. The Kier molecular flexibility index (Phi) is 7.34. The lowest BCUT2D eigenvalue weighted by Gasteiger charge is -2.27. The van der Waals surface area contributed by atoms with Crippen LogP contribution in [0.15, 0.2) is 6.20 Å². The lowest BCUT2D eigenvalue weighted by Crippen LogP contribution is -2.31. The number of piperidine rings is 1. The number of fused-ring (bicyclic) bond motifs is 3. The Morgan fingerprint density at radius 1 is 1.17 bits per heavy atom. The van der Waals surface area contributed by atoms with Crippen LogP contribution in [0.3, 0.4) is 0 Å². The van der Waals surface area contributed by atoms with Gasteiger partial charge in [0.2, 0.25) is 0 Å². The van der Waals surface area contributed by atoms with E-state index in [1.54, 1.807) is 0 Å². The summed E-state index contributed by atoms with van der Waals surface area (Å²) in [5.41, 5.74) is 1.32. The van der Waals surface area contributed by atoms with Gasteiger partial charge in [0.25, 0.3) is 0 Å². The van der Waals surface area contributed by atoms with Crippen LogP contribution in [0, 0.1) is 24.7 Å². The first-order valence-corrected chi connectivity index (χ1v) is 10.3. The van der Waals surface area contributed by atoms with Gasteiger partial charge in [-0.25, -0.2) is 4.98 Å². The maximum absolute atomic E-state index is 4.42. The Hall–Kier alpha value is -0.830. The third-order valence-corrected chi connectivity index (χ3v) is 6.43. The van der Waals surface area contributed by atoms with Gasteiger partial charge in [0.15, 0.2) is 0 Å². The van der Waals surface area contributed by atoms with Crippen LogP contribution < -0.4 is 0 Å². The van der Waals surface area contributed by atoms with Gasteiger partial charge in [0.05, 0.1) is 0 Å². The standard InChI is InChI=1S/C10H16N2.C9H17N.C2H6/c1-3-9-4-5-12-8(2)7-11-10(12)6-9;1-3-7-4-9-5-8(7)6-10(9)2;1-2/h7,9H,3-6H2,1-2H3;7-9H,3-6H2,1-2H3;1-2H3. The second kappa shape index (κ2) is 9.03. The minimum atomic E-state index is 0.874. The third-order valence-electron chi connectivity index (χ3n) is 6.43. The average Bonchev–Trinajstić information content (AvgIpc) is 3.30. The molecule has 4 rings (SSSR count). The van der Waals surface area contributed by atoms with Crippen molar-refractivity contribution in [2.45, 2.75) is 85.7 Å². The summed E-state index contributed by atoms with van der Waals surface area (Å²) < 4.78 is 2.35. The van der Waals surface area contributed by atoms with Crippen molar-refractivity contribution >= 4 is 0 Å². The van der Waals surface area contributed by atoms with Crippen molar-refractivity contribution in [1.29, 1.82) is 0 Å². The van der Waals surface area contributed by atoms with Crippen molar-refractivity contribution in [2.75, 3.05) is 13.6 Å². The molecule has 0 aromatic carbocycles. The molecule has 3 heterocycles. The molecule has 1 aliphatic carbocycles. The van der Waals surface area contributed by atoms with E-state index in [1.165, 1.54) is 63.1 Å². The molecule has 2 bridgehead atoms. The van der Waals surface area contributed by atoms with E-state index in [0.717, 1.165) is 23.8 Å². The number of aryl methyl sites for hydroxylation is 1. The zero-order valence-corrected chi connectivity index (χ0v) is 16.9. The number of rotatable bonds is 2. The fraction of sp³-hybridized carbons (Fsp3) is 0.857. The number of hydrogen-bond acceptors (Lipinski definition) is 2. The first kappa shape index (κ1) is 19.5. The molecule has 0 amide bonds. The molecule has 1 aromatic heterocycles. The Morgan fingerprint density at radius 3 is 2.46 bits per heavy atom. The number of hydrogen-bond donors (Lipinski definition) is 0. The fourth-order valence-electron chi connectivity index (χ4n) is 4.78. The Morgan fingerprint density at radius 2 is 1.92 bits per heavy atom. The lowest BCUT2D eigenvalue weighted by atomic mass is 9.92. The van der Waals surface area contributed by atoms with Crippen LogP contribution in [-0.2, 0) is 13.0 Å². The summed E-state index contributed by atoms with van der Waals surface area (Å²) in [7, 11) is 2.27. The van der Waals surface area contributed by atoms with E-state index in [2.05, 4.69) is 42.3 Å². The highest BCUT2D eigenvalue weighted by Gasteiger charge is 2.41. The van der Waals surface area contributed by atoms with Crippen molar-refractivity contribution in [2.24, 2.45) is 17.8 Å². The van der Waals surface area contributed by atoms with Crippen molar-refractivity contribution in [1.82, 2.24) is 14.5 Å². The molecule has 4 unspecified atom stereocenters. The SMILES string of the molecule is CC.CCC1CC2CC1CN2C.CCC1CCn2c(C)cnc2C1. The van der Waals surface area contributed by atoms with E-state index >= 15 is 0 Å². The Balaban J connectivity index is 0.000000160. The minimum Gasteiger partial charge on any atom is -0.332 e.